The molecule has 2 rings (SSSR count). The molecule has 0 amide bonds. The van der Waals surface area contributed by atoms with Crippen LogP contribution < -0.4 is 0 Å². The third-order valence-electron chi connectivity index (χ3n) is 2.85. The molecule has 0 spiro atoms. The van der Waals surface area contributed by atoms with Crippen molar-refractivity contribution in [1.29, 1.82) is 0 Å². The number of carboxylic acid groups (broad SMARTS) is 1. The van der Waals surface area contributed by atoms with E-state index in [-0.39, 0.29) is 17.1 Å². The third kappa shape index (κ3) is 3.42. The van der Waals surface area contributed by atoms with Crippen LogP contribution in [0.4, 0.5) is 0 Å². The average Bonchev–Trinajstić information content (AvgIpc) is 2.38. The Morgan fingerprint density at radius 2 is 1.90 bits per heavy atom. The summed E-state index contributed by atoms with van der Waals surface area (Å²) in [5.74, 6) is -1.89. The molecule has 0 fully saturated rings. The van der Waals surface area contributed by atoms with Crippen molar-refractivity contribution in [3.05, 3.63) is 62.9 Å². The van der Waals surface area contributed by atoms with Crippen LogP contribution in [0.1, 0.15) is 17.2 Å². The maximum Gasteiger partial charge on any atom is 0.312 e. The topological polar surface area (TPSA) is 50.2 Å². The fourth-order valence-corrected chi connectivity index (χ4v) is 2.59. The van der Waals surface area contributed by atoms with Crippen molar-refractivity contribution in [2.75, 3.05) is 0 Å². The lowest BCUT2D eigenvalue weighted by atomic mass is 9.95. The molecule has 0 aliphatic rings. The Labute approximate surface area is 131 Å². The van der Waals surface area contributed by atoms with Crippen molar-refractivity contribution in [3.63, 3.8) is 0 Å². The van der Waals surface area contributed by atoms with E-state index in [0.717, 1.165) is 5.56 Å². The smallest absolute Gasteiger partial charge is 0.312 e. The molecule has 1 aromatic carbocycles. The maximum atomic E-state index is 11.5. The van der Waals surface area contributed by atoms with Crippen molar-refractivity contribution in [2.45, 2.75) is 12.3 Å². The number of halogens is 3. The lowest BCUT2D eigenvalue weighted by Crippen LogP contribution is -2.16. The first kappa shape index (κ1) is 15.1. The number of rotatable bonds is 4. The minimum atomic E-state index is -1.01. The van der Waals surface area contributed by atoms with E-state index in [1.54, 1.807) is 24.3 Å². The first-order chi connectivity index (χ1) is 9.49. The van der Waals surface area contributed by atoms with Gasteiger partial charge in [0.15, 0.2) is 0 Å². The summed E-state index contributed by atoms with van der Waals surface area (Å²) in [6, 6.07) is 8.56. The fourth-order valence-electron chi connectivity index (χ4n) is 1.87. The quantitative estimate of drug-likeness (QED) is 0.901. The molecule has 1 aromatic heterocycles. The van der Waals surface area contributed by atoms with E-state index in [4.69, 9.17) is 34.8 Å². The molecule has 1 atom stereocenters. The number of benzene rings is 1. The normalized spacial score (nSPS) is 12.2. The molecule has 6 heteroatoms. The summed E-state index contributed by atoms with van der Waals surface area (Å²) in [5.41, 5.74) is 1.01. The molecule has 1 unspecified atom stereocenters. The number of nitrogens with zero attached hydrogens (tertiary/aromatic N) is 1. The van der Waals surface area contributed by atoms with Crippen LogP contribution in [0.15, 0.2) is 36.5 Å². The van der Waals surface area contributed by atoms with Crippen molar-refractivity contribution < 1.29 is 9.90 Å². The summed E-state index contributed by atoms with van der Waals surface area (Å²) < 4.78 is 0. The van der Waals surface area contributed by atoms with Gasteiger partial charge in [0.25, 0.3) is 0 Å². The highest BCUT2D eigenvalue weighted by molar-refractivity contribution is 6.35. The van der Waals surface area contributed by atoms with E-state index in [9.17, 15) is 9.90 Å². The molecular formula is C14H10Cl3NO2. The zero-order valence-electron chi connectivity index (χ0n) is 10.2. The summed E-state index contributed by atoms with van der Waals surface area (Å²) in [6.45, 7) is 0. The zero-order chi connectivity index (χ0) is 14.7. The molecule has 0 radical (unpaired) electrons. The first-order valence-electron chi connectivity index (χ1n) is 5.76. The molecule has 2 aromatic rings. The number of hydrogen-bond donors (Lipinski definition) is 1. The van der Waals surface area contributed by atoms with Gasteiger partial charge in [-0.3, -0.25) is 9.78 Å². The predicted molar refractivity (Wildman–Crippen MR) is 79.8 cm³/mol. The van der Waals surface area contributed by atoms with Gasteiger partial charge in [-0.1, -0.05) is 53.0 Å². The summed E-state index contributed by atoms with van der Waals surface area (Å²) in [5, 5.41) is 10.5. The van der Waals surface area contributed by atoms with Crippen LogP contribution in [0.25, 0.3) is 0 Å². The van der Waals surface area contributed by atoms with Gasteiger partial charge in [-0.15, -0.1) is 0 Å². The number of pyridine rings is 1. The molecule has 3 nitrogen and oxygen atoms in total. The first-order valence-corrected chi connectivity index (χ1v) is 6.89. The Bertz CT molecular complexity index is 646. The van der Waals surface area contributed by atoms with E-state index in [1.807, 2.05) is 0 Å². The van der Waals surface area contributed by atoms with Crippen molar-refractivity contribution in [3.8, 4) is 0 Å². The second kappa shape index (κ2) is 6.44. The lowest BCUT2D eigenvalue weighted by molar-refractivity contribution is -0.138. The molecule has 0 saturated carbocycles. The standard InChI is InChI=1S/C14H10Cl3NO2/c15-9-6-12(17)13(18-7-9)10(14(19)20)5-8-3-1-2-4-11(8)16/h1-4,6-7,10H,5H2,(H,19,20). The van der Waals surface area contributed by atoms with Gasteiger partial charge in [-0.2, -0.15) is 0 Å². The van der Waals surface area contributed by atoms with Gasteiger partial charge in [0.2, 0.25) is 0 Å². The van der Waals surface area contributed by atoms with Gasteiger partial charge in [0.05, 0.1) is 15.7 Å². The minimum Gasteiger partial charge on any atom is -0.481 e. The molecule has 0 bridgehead atoms. The highest BCUT2D eigenvalue weighted by atomic mass is 35.5. The third-order valence-corrected chi connectivity index (χ3v) is 3.72. The van der Waals surface area contributed by atoms with Crippen molar-refractivity contribution >= 4 is 40.8 Å². The number of hydrogen-bond acceptors (Lipinski definition) is 2. The van der Waals surface area contributed by atoms with Crippen molar-refractivity contribution in [2.24, 2.45) is 0 Å². The molecule has 1 heterocycles. The van der Waals surface area contributed by atoms with E-state index in [1.165, 1.54) is 12.3 Å². The molecule has 0 saturated heterocycles. The van der Waals surface area contributed by atoms with Crippen LogP contribution in [0, 0.1) is 0 Å². The second-order valence-electron chi connectivity index (χ2n) is 4.21. The molecule has 0 aliphatic heterocycles. The second-order valence-corrected chi connectivity index (χ2v) is 5.46. The van der Waals surface area contributed by atoms with E-state index in [0.29, 0.717) is 10.0 Å². The van der Waals surface area contributed by atoms with Crippen LogP contribution in [0.5, 0.6) is 0 Å². The summed E-state index contributed by atoms with van der Waals surface area (Å²) in [4.78, 5) is 15.5. The van der Waals surface area contributed by atoms with Crippen LogP contribution in [-0.2, 0) is 11.2 Å². The number of aromatic nitrogens is 1. The van der Waals surface area contributed by atoms with Crippen LogP contribution in [0.3, 0.4) is 0 Å². The van der Waals surface area contributed by atoms with Crippen LogP contribution in [0.2, 0.25) is 15.1 Å². The molecule has 1 N–H and O–H groups in total. The average molecular weight is 331 g/mol. The van der Waals surface area contributed by atoms with Gasteiger partial charge < -0.3 is 5.11 Å². The SMILES string of the molecule is O=C(O)C(Cc1ccccc1Cl)c1ncc(Cl)cc1Cl. The molecule has 104 valence electrons. The Morgan fingerprint density at radius 1 is 1.20 bits per heavy atom. The Morgan fingerprint density at radius 3 is 2.50 bits per heavy atom. The van der Waals surface area contributed by atoms with E-state index >= 15 is 0 Å². The monoisotopic (exact) mass is 329 g/mol. The Hall–Kier alpha value is -1.29. The maximum absolute atomic E-state index is 11.5. The lowest BCUT2D eigenvalue weighted by Gasteiger charge is -2.14. The van der Waals surface area contributed by atoms with E-state index < -0.39 is 11.9 Å². The van der Waals surface area contributed by atoms with E-state index in [2.05, 4.69) is 4.98 Å². The zero-order valence-corrected chi connectivity index (χ0v) is 12.5. The molecule has 20 heavy (non-hydrogen) atoms. The van der Waals surface area contributed by atoms with Gasteiger partial charge in [-0.05, 0) is 24.1 Å². The largest absolute Gasteiger partial charge is 0.481 e. The Kier molecular flexibility index (Phi) is 4.86. The Balaban J connectivity index is 2.37. The minimum absolute atomic E-state index is 0.212. The summed E-state index contributed by atoms with van der Waals surface area (Å²) in [7, 11) is 0. The fraction of sp³-hybridized carbons (Fsp3) is 0.143. The predicted octanol–water partition coefficient (Wildman–Crippen LogP) is 4.45. The number of carbonyl (C=O) groups is 1. The summed E-state index contributed by atoms with van der Waals surface area (Å²) >= 11 is 17.9. The van der Waals surface area contributed by atoms with Gasteiger partial charge in [-0.25, -0.2) is 0 Å². The summed E-state index contributed by atoms with van der Waals surface area (Å²) in [6.07, 6.45) is 1.59. The van der Waals surface area contributed by atoms with Crippen LogP contribution >= 0.6 is 34.8 Å². The van der Waals surface area contributed by atoms with Gasteiger partial charge >= 0.3 is 5.97 Å². The highest BCUT2D eigenvalue weighted by Crippen LogP contribution is 2.30. The number of carboxylic acids is 1. The molecular weight excluding hydrogens is 321 g/mol. The highest BCUT2D eigenvalue weighted by Gasteiger charge is 2.25. The van der Waals surface area contributed by atoms with Gasteiger partial charge in [0, 0.05) is 11.2 Å². The van der Waals surface area contributed by atoms with Crippen molar-refractivity contribution in [1.82, 2.24) is 4.98 Å². The van der Waals surface area contributed by atoms with Crippen LogP contribution in [-0.4, -0.2) is 16.1 Å². The van der Waals surface area contributed by atoms with Gasteiger partial charge in [0.1, 0.15) is 5.92 Å². The number of aliphatic carboxylic acids is 1. The molecule has 0 aliphatic carbocycles.